The summed E-state index contributed by atoms with van der Waals surface area (Å²) in [7, 11) is 1.77. The molecule has 4 nitrogen and oxygen atoms in total. The summed E-state index contributed by atoms with van der Waals surface area (Å²) in [4.78, 5) is 2.53. The standard InChI is InChI=1S/C23H32N2O2/c1-26-23-19-27-16-13-22(23)24-14-8-15-25(17-20-9-4-2-5-10-20)18-21-11-6-3-7-12-21/h2-7,9-12,22-24H,8,13-19H2,1H3/t22-,23+/m0/s1. The molecule has 1 heterocycles. The molecule has 1 aliphatic heterocycles. The van der Waals surface area contributed by atoms with Gasteiger partial charge < -0.3 is 14.8 Å². The molecule has 1 N–H and O–H groups in total. The van der Waals surface area contributed by atoms with Gasteiger partial charge in [-0.2, -0.15) is 0 Å². The molecular weight excluding hydrogens is 336 g/mol. The van der Waals surface area contributed by atoms with Crippen LogP contribution in [0.25, 0.3) is 0 Å². The number of rotatable bonds is 10. The average molecular weight is 369 g/mol. The van der Waals surface area contributed by atoms with Gasteiger partial charge >= 0.3 is 0 Å². The van der Waals surface area contributed by atoms with Crippen LogP contribution in [0.4, 0.5) is 0 Å². The van der Waals surface area contributed by atoms with Crippen LogP contribution < -0.4 is 5.32 Å². The first kappa shape index (κ1) is 20.0. The van der Waals surface area contributed by atoms with Crippen molar-refractivity contribution in [3.05, 3.63) is 71.8 Å². The Kier molecular flexibility index (Phi) is 8.31. The molecule has 0 radical (unpaired) electrons. The number of nitrogens with one attached hydrogen (secondary N) is 1. The molecule has 2 aromatic rings. The highest BCUT2D eigenvalue weighted by atomic mass is 16.5. The van der Waals surface area contributed by atoms with E-state index in [0.717, 1.165) is 45.6 Å². The maximum absolute atomic E-state index is 5.54. The zero-order chi connectivity index (χ0) is 18.7. The van der Waals surface area contributed by atoms with Gasteiger partial charge in [-0.3, -0.25) is 4.90 Å². The minimum atomic E-state index is 0.170. The van der Waals surface area contributed by atoms with E-state index in [4.69, 9.17) is 9.47 Å². The Balaban J connectivity index is 1.50. The molecule has 0 bridgehead atoms. The predicted octanol–water partition coefficient (Wildman–Crippen LogP) is 3.47. The fraction of sp³-hybridized carbons (Fsp3) is 0.478. The van der Waals surface area contributed by atoms with E-state index in [9.17, 15) is 0 Å². The van der Waals surface area contributed by atoms with Crippen LogP contribution in [0.15, 0.2) is 60.7 Å². The second kappa shape index (κ2) is 11.2. The topological polar surface area (TPSA) is 33.7 Å². The van der Waals surface area contributed by atoms with Gasteiger partial charge in [0.25, 0.3) is 0 Å². The van der Waals surface area contributed by atoms with E-state index in [1.807, 2.05) is 0 Å². The Bertz CT molecular complexity index is 594. The number of ether oxygens (including phenoxy) is 2. The van der Waals surface area contributed by atoms with Crippen molar-refractivity contribution in [2.24, 2.45) is 0 Å². The third-order valence-corrected chi connectivity index (χ3v) is 5.16. The Hall–Kier alpha value is -1.72. The Labute approximate surface area is 163 Å². The van der Waals surface area contributed by atoms with Crippen LogP contribution in [-0.2, 0) is 22.6 Å². The van der Waals surface area contributed by atoms with E-state index >= 15 is 0 Å². The Morgan fingerprint density at radius 2 is 1.63 bits per heavy atom. The summed E-state index contributed by atoms with van der Waals surface area (Å²) in [5.41, 5.74) is 2.73. The fourth-order valence-electron chi connectivity index (χ4n) is 3.67. The molecule has 146 valence electrons. The van der Waals surface area contributed by atoms with Crippen LogP contribution in [0, 0.1) is 0 Å². The van der Waals surface area contributed by atoms with E-state index < -0.39 is 0 Å². The van der Waals surface area contributed by atoms with Crippen molar-refractivity contribution in [3.63, 3.8) is 0 Å². The average Bonchev–Trinajstić information content (AvgIpc) is 2.73. The molecule has 1 saturated heterocycles. The van der Waals surface area contributed by atoms with E-state index in [0.29, 0.717) is 12.6 Å². The van der Waals surface area contributed by atoms with Gasteiger partial charge in [0.2, 0.25) is 0 Å². The minimum Gasteiger partial charge on any atom is -0.379 e. The number of methoxy groups -OCH3 is 1. The van der Waals surface area contributed by atoms with E-state index in [2.05, 4.69) is 70.9 Å². The maximum Gasteiger partial charge on any atom is 0.0957 e. The van der Waals surface area contributed by atoms with Crippen LogP contribution >= 0.6 is 0 Å². The first-order valence-corrected chi connectivity index (χ1v) is 9.99. The zero-order valence-corrected chi connectivity index (χ0v) is 16.3. The van der Waals surface area contributed by atoms with Gasteiger partial charge in [0.15, 0.2) is 0 Å². The number of benzene rings is 2. The number of hydrogen-bond acceptors (Lipinski definition) is 4. The lowest BCUT2D eigenvalue weighted by atomic mass is 10.1. The number of hydrogen-bond donors (Lipinski definition) is 1. The third kappa shape index (κ3) is 6.74. The zero-order valence-electron chi connectivity index (χ0n) is 16.3. The summed E-state index contributed by atoms with van der Waals surface area (Å²) in [5.74, 6) is 0. The first-order chi connectivity index (χ1) is 13.3. The normalized spacial score (nSPS) is 20.1. The lowest BCUT2D eigenvalue weighted by Gasteiger charge is -2.31. The third-order valence-electron chi connectivity index (χ3n) is 5.16. The smallest absolute Gasteiger partial charge is 0.0957 e. The van der Waals surface area contributed by atoms with Gasteiger partial charge in [-0.1, -0.05) is 60.7 Å². The lowest BCUT2D eigenvalue weighted by molar-refractivity contribution is -0.0497. The van der Waals surface area contributed by atoms with Crippen molar-refractivity contribution in [1.29, 1.82) is 0 Å². The molecule has 2 atom stereocenters. The number of nitrogens with zero attached hydrogens (tertiary/aromatic N) is 1. The Morgan fingerprint density at radius 3 is 2.22 bits per heavy atom. The van der Waals surface area contributed by atoms with Gasteiger partial charge in [0.05, 0.1) is 12.7 Å². The van der Waals surface area contributed by atoms with Crippen molar-refractivity contribution in [3.8, 4) is 0 Å². The molecule has 0 amide bonds. The fourth-order valence-corrected chi connectivity index (χ4v) is 3.67. The van der Waals surface area contributed by atoms with E-state index in [-0.39, 0.29) is 6.10 Å². The molecule has 1 aliphatic rings. The molecule has 0 aliphatic carbocycles. The van der Waals surface area contributed by atoms with Crippen LogP contribution in [0.1, 0.15) is 24.0 Å². The summed E-state index contributed by atoms with van der Waals surface area (Å²) in [6, 6.07) is 21.9. The molecule has 0 spiro atoms. The van der Waals surface area contributed by atoms with Crippen LogP contribution in [-0.4, -0.2) is 50.5 Å². The monoisotopic (exact) mass is 368 g/mol. The molecule has 27 heavy (non-hydrogen) atoms. The van der Waals surface area contributed by atoms with Crippen LogP contribution in [0.2, 0.25) is 0 Å². The maximum atomic E-state index is 5.54. The minimum absolute atomic E-state index is 0.170. The van der Waals surface area contributed by atoms with Gasteiger partial charge in [0, 0.05) is 39.4 Å². The highest BCUT2D eigenvalue weighted by Crippen LogP contribution is 2.12. The molecule has 3 rings (SSSR count). The Morgan fingerprint density at radius 1 is 1.00 bits per heavy atom. The van der Waals surface area contributed by atoms with E-state index in [1.54, 1.807) is 7.11 Å². The molecule has 4 heteroatoms. The van der Waals surface area contributed by atoms with Crippen LogP contribution in [0.3, 0.4) is 0 Å². The highest BCUT2D eigenvalue weighted by molar-refractivity contribution is 5.17. The van der Waals surface area contributed by atoms with Crippen LogP contribution in [0.5, 0.6) is 0 Å². The molecule has 1 fully saturated rings. The SMILES string of the molecule is CO[C@@H]1COCC[C@@H]1NCCCN(Cc1ccccc1)Cc1ccccc1. The van der Waals surface area contributed by atoms with E-state index in [1.165, 1.54) is 11.1 Å². The van der Waals surface area contributed by atoms with Crippen molar-refractivity contribution >= 4 is 0 Å². The molecular formula is C23H32N2O2. The second-order valence-electron chi connectivity index (χ2n) is 7.23. The molecule has 2 aromatic carbocycles. The largest absolute Gasteiger partial charge is 0.379 e. The highest BCUT2D eigenvalue weighted by Gasteiger charge is 2.24. The van der Waals surface area contributed by atoms with Gasteiger partial charge in [-0.05, 0) is 30.5 Å². The van der Waals surface area contributed by atoms with Crippen molar-refractivity contribution in [2.75, 3.05) is 33.4 Å². The summed E-state index contributed by atoms with van der Waals surface area (Å²) in [6.45, 7) is 5.55. The molecule has 0 saturated carbocycles. The van der Waals surface area contributed by atoms with Gasteiger partial charge in [-0.15, -0.1) is 0 Å². The van der Waals surface area contributed by atoms with Crippen molar-refractivity contribution < 1.29 is 9.47 Å². The molecule has 0 aromatic heterocycles. The van der Waals surface area contributed by atoms with Crippen molar-refractivity contribution in [2.45, 2.75) is 38.1 Å². The predicted molar refractivity (Wildman–Crippen MR) is 110 cm³/mol. The van der Waals surface area contributed by atoms with Gasteiger partial charge in [0.1, 0.15) is 0 Å². The summed E-state index contributed by atoms with van der Waals surface area (Å²) in [6.07, 6.45) is 2.31. The lowest BCUT2D eigenvalue weighted by Crippen LogP contribution is -2.48. The summed E-state index contributed by atoms with van der Waals surface area (Å²) >= 11 is 0. The first-order valence-electron chi connectivity index (χ1n) is 9.99. The van der Waals surface area contributed by atoms with Crippen molar-refractivity contribution in [1.82, 2.24) is 10.2 Å². The molecule has 0 unspecified atom stereocenters. The second-order valence-corrected chi connectivity index (χ2v) is 7.23. The quantitative estimate of drug-likeness (QED) is 0.651. The summed E-state index contributed by atoms with van der Waals surface area (Å²) < 4.78 is 11.0. The summed E-state index contributed by atoms with van der Waals surface area (Å²) in [5, 5.41) is 3.67. The van der Waals surface area contributed by atoms with Gasteiger partial charge in [-0.25, -0.2) is 0 Å².